The molecule has 0 unspecified atom stereocenters. The summed E-state index contributed by atoms with van der Waals surface area (Å²) in [6.07, 6.45) is 4.25. The van der Waals surface area contributed by atoms with Crippen molar-refractivity contribution in [3.8, 4) is 6.07 Å². The van der Waals surface area contributed by atoms with Gasteiger partial charge in [-0.05, 0) is 35.9 Å². The van der Waals surface area contributed by atoms with E-state index in [2.05, 4.69) is 20.9 Å². The highest BCUT2D eigenvalue weighted by molar-refractivity contribution is 5.80. The second-order valence-electron chi connectivity index (χ2n) is 7.09. The van der Waals surface area contributed by atoms with Crippen molar-refractivity contribution in [3.05, 3.63) is 82.7 Å². The van der Waals surface area contributed by atoms with Gasteiger partial charge in [0.15, 0.2) is 5.82 Å². The maximum absolute atomic E-state index is 15.0. The van der Waals surface area contributed by atoms with E-state index >= 15 is 0 Å². The van der Waals surface area contributed by atoms with Gasteiger partial charge in [-0.2, -0.15) is 14.0 Å². The maximum Gasteiger partial charge on any atom is 0.306 e. The van der Waals surface area contributed by atoms with Crippen LogP contribution in [-0.4, -0.2) is 30.5 Å². The summed E-state index contributed by atoms with van der Waals surface area (Å²) in [7, 11) is 0. The molecule has 0 bridgehead atoms. The van der Waals surface area contributed by atoms with Crippen molar-refractivity contribution in [2.24, 2.45) is 5.73 Å². The van der Waals surface area contributed by atoms with Crippen molar-refractivity contribution in [2.75, 3.05) is 25.0 Å². The lowest BCUT2D eigenvalue weighted by atomic mass is 10.0. The van der Waals surface area contributed by atoms with E-state index < -0.39 is 36.3 Å². The monoisotopic (exact) mass is 442 g/mol. The first-order valence-electron chi connectivity index (χ1n) is 9.70. The van der Waals surface area contributed by atoms with Gasteiger partial charge in [-0.15, -0.1) is 0 Å². The highest BCUT2D eigenvalue weighted by Gasteiger charge is 2.33. The first-order chi connectivity index (χ1) is 15.3. The molecule has 1 aromatic heterocycles. The van der Waals surface area contributed by atoms with Crippen LogP contribution in [0, 0.1) is 17.1 Å². The number of carbonyl (C=O) groups excluding carboxylic acids is 1. The number of pyridine rings is 1. The molecule has 0 atom stereocenters. The highest BCUT2D eigenvalue weighted by Crippen LogP contribution is 2.28. The van der Waals surface area contributed by atoms with Crippen LogP contribution in [0.2, 0.25) is 0 Å². The zero-order chi connectivity index (χ0) is 23.1. The summed E-state index contributed by atoms with van der Waals surface area (Å²) in [6.45, 7) is -0.228. The zero-order valence-electron chi connectivity index (χ0n) is 17.0. The van der Waals surface area contributed by atoms with Crippen LogP contribution in [0.15, 0.2) is 60.1 Å². The lowest BCUT2D eigenvalue weighted by molar-refractivity contribution is -0.120. The van der Waals surface area contributed by atoms with Crippen LogP contribution in [0.1, 0.15) is 16.8 Å². The molecule has 7 nitrogen and oxygen atoms in total. The van der Waals surface area contributed by atoms with Crippen molar-refractivity contribution in [3.63, 3.8) is 0 Å². The topological polar surface area (TPSA) is 116 Å². The molecule has 2 heterocycles. The molecule has 0 aliphatic carbocycles. The molecular weight excluding hydrogens is 421 g/mol. The minimum Gasteiger partial charge on any atom is -0.386 e. The van der Waals surface area contributed by atoms with E-state index in [1.165, 1.54) is 36.5 Å². The molecule has 166 valence electrons. The number of aromatic nitrogens is 1. The number of alkyl halides is 2. The normalized spacial score (nSPS) is 13.3. The number of amides is 1. The number of hydrogen-bond donors (Lipinski definition) is 4. The molecule has 0 radical (unpaired) electrons. The Balaban J connectivity index is 1.69. The van der Waals surface area contributed by atoms with Gasteiger partial charge in [0.1, 0.15) is 5.69 Å². The van der Waals surface area contributed by atoms with Crippen molar-refractivity contribution in [1.29, 1.82) is 5.26 Å². The van der Waals surface area contributed by atoms with Gasteiger partial charge in [0.05, 0.1) is 36.1 Å². The number of dihydropyridines is 1. The lowest BCUT2D eigenvalue weighted by Gasteiger charge is -2.18. The van der Waals surface area contributed by atoms with Gasteiger partial charge in [-0.25, -0.2) is 4.39 Å². The average molecular weight is 442 g/mol. The molecule has 1 aliphatic rings. The molecule has 1 aromatic carbocycles. The summed E-state index contributed by atoms with van der Waals surface area (Å²) in [6, 6.07) is 8.42. The van der Waals surface area contributed by atoms with Crippen LogP contribution < -0.4 is 21.7 Å². The van der Waals surface area contributed by atoms with Crippen LogP contribution in [0.4, 0.5) is 18.9 Å². The van der Waals surface area contributed by atoms with E-state index in [-0.39, 0.29) is 23.4 Å². The molecule has 1 aliphatic heterocycles. The Kier molecular flexibility index (Phi) is 7.00. The van der Waals surface area contributed by atoms with Crippen molar-refractivity contribution >= 4 is 11.6 Å². The second-order valence-corrected chi connectivity index (χ2v) is 7.09. The predicted molar refractivity (Wildman–Crippen MR) is 113 cm³/mol. The SMILES string of the molecule is N#Cc1ccc(NCC(F)(F)c2ccccn2)c(F)c1CC(=O)NCC1=CC=C(N)NC1. The van der Waals surface area contributed by atoms with Crippen molar-refractivity contribution < 1.29 is 18.0 Å². The number of allylic oxidation sites excluding steroid dienone is 2. The summed E-state index contributed by atoms with van der Waals surface area (Å²) in [4.78, 5) is 16.0. The molecule has 0 spiro atoms. The van der Waals surface area contributed by atoms with Gasteiger partial charge >= 0.3 is 5.92 Å². The Morgan fingerprint density at radius 1 is 1.28 bits per heavy atom. The number of hydrogen-bond acceptors (Lipinski definition) is 6. The number of nitrogens with zero attached hydrogens (tertiary/aromatic N) is 2. The molecule has 3 rings (SSSR count). The van der Waals surface area contributed by atoms with E-state index in [1.54, 1.807) is 12.2 Å². The van der Waals surface area contributed by atoms with E-state index in [9.17, 15) is 23.2 Å². The van der Waals surface area contributed by atoms with Crippen LogP contribution in [0.5, 0.6) is 0 Å². The number of rotatable bonds is 8. The summed E-state index contributed by atoms with van der Waals surface area (Å²) >= 11 is 0. The molecule has 2 aromatic rings. The maximum atomic E-state index is 15.0. The predicted octanol–water partition coefficient (Wildman–Crippen LogP) is 2.28. The fourth-order valence-electron chi connectivity index (χ4n) is 3.01. The second kappa shape index (κ2) is 9.87. The summed E-state index contributed by atoms with van der Waals surface area (Å²) in [5.74, 6) is -4.28. The molecule has 5 N–H and O–H groups in total. The van der Waals surface area contributed by atoms with Gasteiger partial charge in [-0.3, -0.25) is 9.78 Å². The Morgan fingerprint density at radius 3 is 2.75 bits per heavy atom. The van der Waals surface area contributed by atoms with E-state index in [0.29, 0.717) is 12.4 Å². The number of nitrogens with one attached hydrogen (secondary N) is 3. The summed E-state index contributed by atoms with van der Waals surface area (Å²) in [5.41, 5.74) is 5.55. The molecule has 10 heteroatoms. The quantitative estimate of drug-likeness (QED) is 0.499. The fourth-order valence-corrected chi connectivity index (χ4v) is 3.01. The summed E-state index contributed by atoms with van der Waals surface area (Å²) < 4.78 is 43.7. The minimum absolute atomic E-state index is 0.0473. The first kappa shape index (κ1) is 22.7. The lowest BCUT2D eigenvalue weighted by Crippen LogP contribution is -2.33. The third-order valence-corrected chi connectivity index (χ3v) is 4.77. The number of nitriles is 1. The Hall–Kier alpha value is -4.00. The average Bonchev–Trinajstić information content (AvgIpc) is 2.80. The smallest absolute Gasteiger partial charge is 0.306 e. The standard InChI is InChI=1S/C22H21F3N6O/c23-21-16(9-20(32)30-12-14-4-7-19(27)29-11-14)15(10-26)5-6-17(21)31-13-22(24,25)18-3-1-2-8-28-18/h1-8,29,31H,9,11-13,27H2,(H,30,32). The number of halogens is 3. The van der Waals surface area contributed by atoms with E-state index in [0.717, 1.165) is 5.57 Å². The number of nitrogens with two attached hydrogens (primary N) is 1. The molecular formula is C22H21F3N6O. The van der Waals surface area contributed by atoms with Gasteiger partial charge in [0, 0.05) is 24.8 Å². The zero-order valence-corrected chi connectivity index (χ0v) is 17.0. The van der Waals surface area contributed by atoms with Gasteiger partial charge in [0.2, 0.25) is 5.91 Å². The van der Waals surface area contributed by atoms with E-state index in [1.807, 2.05) is 6.07 Å². The Bertz CT molecular complexity index is 1090. The first-order valence-corrected chi connectivity index (χ1v) is 9.70. The molecule has 0 saturated carbocycles. The fraction of sp³-hybridized carbons (Fsp3) is 0.227. The van der Waals surface area contributed by atoms with Crippen molar-refractivity contribution in [1.82, 2.24) is 15.6 Å². The number of anilines is 1. The molecule has 0 saturated heterocycles. The molecule has 32 heavy (non-hydrogen) atoms. The minimum atomic E-state index is -3.35. The van der Waals surface area contributed by atoms with Crippen LogP contribution in [-0.2, 0) is 17.1 Å². The Morgan fingerprint density at radius 2 is 2.09 bits per heavy atom. The molecule has 0 fully saturated rings. The Labute approximate surface area is 182 Å². The van der Waals surface area contributed by atoms with Crippen LogP contribution in [0.3, 0.4) is 0 Å². The van der Waals surface area contributed by atoms with Gasteiger partial charge in [-0.1, -0.05) is 12.1 Å². The van der Waals surface area contributed by atoms with Gasteiger partial charge < -0.3 is 21.7 Å². The largest absolute Gasteiger partial charge is 0.386 e. The third-order valence-electron chi connectivity index (χ3n) is 4.77. The third kappa shape index (κ3) is 5.57. The number of benzene rings is 1. The van der Waals surface area contributed by atoms with Crippen molar-refractivity contribution in [2.45, 2.75) is 12.3 Å². The number of carbonyl (C=O) groups is 1. The van der Waals surface area contributed by atoms with E-state index in [4.69, 9.17) is 5.73 Å². The summed E-state index contributed by atoms with van der Waals surface area (Å²) in [5, 5.41) is 17.2. The molecule has 1 amide bonds. The van der Waals surface area contributed by atoms with Crippen LogP contribution >= 0.6 is 0 Å². The van der Waals surface area contributed by atoms with Crippen LogP contribution in [0.25, 0.3) is 0 Å². The highest BCUT2D eigenvalue weighted by atomic mass is 19.3. The van der Waals surface area contributed by atoms with Gasteiger partial charge in [0.25, 0.3) is 0 Å².